The first kappa shape index (κ1) is 23.8. The average Bonchev–Trinajstić information content (AvgIpc) is 3.31. The van der Waals surface area contributed by atoms with Crippen molar-refractivity contribution in [2.45, 2.75) is 49.7 Å². The topological polar surface area (TPSA) is 84.0 Å². The summed E-state index contributed by atoms with van der Waals surface area (Å²) in [6, 6.07) is 18.2. The predicted octanol–water partition coefficient (Wildman–Crippen LogP) is 5.03. The standard InChI is InChI=1S/C26H29N5O2S/c1-19-11-13-20(14-12-19)31-24(21-9-5-6-10-22(21)33-3)28-29-25(31)34-17-23(32)30(2)26(18-27)15-7-4-8-16-26/h5-6,9-14H,4,7-8,15-17H2,1-3H3. The van der Waals surface area contributed by atoms with Crippen LogP contribution < -0.4 is 4.74 Å². The van der Waals surface area contributed by atoms with Gasteiger partial charge in [-0.3, -0.25) is 9.36 Å². The van der Waals surface area contributed by atoms with Crippen LogP contribution in [0.15, 0.2) is 53.7 Å². The Kier molecular flexibility index (Phi) is 7.23. The van der Waals surface area contributed by atoms with Crippen molar-refractivity contribution < 1.29 is 9.53 Å². The first-order valence-electron chi connectivity index (χ1n) is 11.5. The van der Waals surface area contributed by atoms with Gasteiger partial charge in [0, 0.05) is 12.7 Å². The van der Waals surface area contributed by atoms with Crippen LogP contribution >= 0.6 is 11.8 Å². The Bertz CT molecular complexity index is 1190. The van der Waals surface area contributed by atoms with Crippen LogP contribution in [0.1, 0.15) is 37.7 Å². The van der Waals surface area contributed by atoms with Gasteiger partial charge in [0.25, 0.3) is 0 Å². The molecule has 0 N–H and O–H groups in total. The molecule has 1 fully saturated rings. The molecule has 34 heavy (non-hydrogen) atoms. The number of carbonyl (C=O) groups is 1. The number of hydrogen-bond acceptors (Lipinski definition) is 6. The van der Waals surface area contributed by atoms with Gasteiger partial charge < -0.3 is 9.64 Å². The molecule has 0 radical (unpaired) electrons. The summed E-state index contributed by atoms with van der Waals surface area (Å²) in [5.74, 6) is 1.44. The van der Waals surface area contributed by atoms with Gasteiger partial charge in [-0.15, -0.1) is 10.2 Å². The second-order valence-corrected chi connectivity index (χ2v) is 9.57. The van der Waals surface area contributed by atoms with Gasteiger partial charge in [-0.05, 0) is 44.0 Å². The molecule has 4 rings (SSSR count). The van der Waals surface area contributed by atoms with Crippen molar-refractivity contribution in [2.75, 3.05) is 19.9 Å². The lowest BCUT2D eigenvalue weighted by molar-refractivity contribution is -0.131. The lowest BCUT2D eigenvalue weighted by Crippen LogP contribution is -2.50. The average molecular weight is 476 g/mol. The number of methoxy groups -OCH3 is 1. The van der Waals surface area contributed by atoms with E-state index >= 15 is 0 Å². The smallest absolute Gasteiger partial charge is 0.234 e. The molecule has 1 aliphatic rings. The van der Waals surface area contributed by atoms with Crippen molar-refractivity contribution in [1.82, 2.24) is 19.7 Å². The van der Waals surface area contributed by atoms with Gasteiger partial charge in [-0.25, -0.2) is 0 Å². The van der Waals surface area contributed by atoms with E-state index in [1.165, 1.54) is 11.8 Å². The molecule has 0 unspecified atom stereocenters. The molecule has 0 spiro atoms. The van der Waals surface area contributed by atoms with Crippen LogP contribution in [0.25, 0.3) is 17.1 Å². The van der Waals surface area contributed by atoms with Crippen molar-refractivity contribution in [3.8, 4) is 28.9 Å². The molecule has 1 amide bonds. The quantitative estimate of drug-likeness (QED) is 0.446. The fourth-order valence-electron chi connectivity index (χ4n) is 4.41. The van der Waals surface area contributed by atoms with Gasteiger partial charge in [-0.2, -0.15) is 5.26 Å². The van der Waals surface area contributed by atoms with Crippen LogP contribution in [0.4, 0.5) is 0 Å². The summed E-state index contributed by atoms with van der Waals surface area (Å²) >= 11 is 1.33. The number of para-hydroxylation sites is 1. The van der Waals surface area contributed by atoms with Crippen molar-refractivity contribution in [3.05, 3.63) is 54.1 Å². The number of carbonyl (C=O) groups excluding carboxylic acids is 1. The SMILES string of the molecule is COc1ccccc1-c1nnc(SCC(=O)N(C)C2(C#N)CCCCC2)n1-c1ccc(C)cc1. The van der Waals surface area contributed by atoms with E-state index in [1.54, 1.807) is 19.1 Å². The first-order valence-corrected chi connectivity index (χ1v) is 12.4. The Morgan fingerprint density at radius 3 is 2.53 bits per heavy atom. The third kappa shape index (κ3) is 4.66. The second-order valence-electron chi connectivity index (χ2n) is 8.62. The molecular formula is C26H29N5O2S. The molecule has 0 atom stereocenters. The molecule has 176 valence electrons. The largest absolute Gasteiger partial charge is 0.496 e. The maximum Gasteiger partial charge on any atom is 0.234 e. The molecule has 1 aromatic heterocycles. The zero-order valence-electron chi connectivity index (χ0n) is 19.8. The molecule has 0 aliphatic heterocycles. The minimum atomic E-state index is -0.705. The van der Waals surface area contributed by atoms with Crippen molar-refractivity contribution in [2.24, 2.45) is 0 Å². The van der Waals surface area contributed by atoms with E-state index in [0.29, 0.717) is 16.7 Å². The van der Waals surface area contributed by atoms with E-state index in [9.17, 15) is 10.1 Å². The predicted molar refractivity (Wildman–Crippen MR) is 133 cm³/mol. The number of aromatic nitrogens is 3. The summed E-state index contributed by atoms with van der Waals surface area (Å²) in [7, 11) is 3.38. The lowest BCUT2D eigenvalue weighted by Gasteiger charge is -2.39. The summed E-state index contributed by atoms with van der Waals surface area (Å²) in [4.78, 5) is 14.8. The maximum absolute atomic E-state index is 13.1. The van der Waals surface area contributed by atoms with E-state index in [4.69, 9.17) is 4.74 Å². The van der Waals surface area contributed by atoms with Crippen LogP contribution in [0.3, 0.4) is 0 Å². The van der Waals surface area contributed by atoms with E-state index < -0.39 is 5.54 Å². The highest BCUT2D eigenvalue weighted by Gasteiger charge is 2.38. The van der Waals surface area contributed by atoms with Crippen molar-refractivity contribution in [1.29, 1.82) is 5.26 Å². The van der Waals surface area contributed by atoms with Crippen LogP contribution in [0, 0.1) is 18.3 Å². The lowest BCUT2D eigenvalue weighted by atomic mass is 9.81. The Hall–Kier alpha value is -3.31. The van der Waals surface area contributed by atoms with Crippen molar-refractivity contribution in [3.63, 3.8) is 0 Å². The Labute approximate surface area is 204 Å². The highest BCUT2D eigenvalue weighted by Crippen LogP contribution is 2.35. The van der Waals surface area contributed by atoms with Crippen LogP contribution in [0.5, 0.6) is 5.75 Å². The first-order chi connectivity index (χ1) is 16.5. The van der Waals surface area contributed by atoms with Crippen LogP contribution in [0.2, 0.25) is 0 Å². The fourth-order valence-corrected chi connectivity index (χ4v) is 5.28. The molecule has 2 aromatic carbocycles. The zero-order valence-corrected chi connectivity index (χ0v) is 20.6. The van der Waals surface area contributed by atoms with Crippen LogP contribution in [-0.2, 0) is 4.79 Å². The van der Waals surface area contributed by atoms with Gasteiger partial charge in [0.05, 0.1) is 24.5 Å². The van der Waals surface area contributed by atoms with Gasteiger partial charge in [-0.1, -0.05) is 60.9 Å². The number of thioether (sulfide) groups is 1. The third-order valence-corrected chi connectivity index (χ3v) is 7.42. The summed E-state index contributed by atoms with van der Waals surface area (Å²) in [5, 5.41) is 19.4. The number of ether oxygens (including phenoxy) is 1. The Balaban J connectivity index is 1.64. The van der Waals surface area contributed by atoms with Gasteiger partial charge in [0.15, 0.2) is 11.0 Å². The number of aryl methyl sites for hydroxylation is 1. The minimum Gasteiger partial charge on any atom is -0.496 e. The van der Waals surface area contributed by atoms with Gasteiger partial charge >= 0.3 is 0 Å². The van der Waals surface area contributed by atoms with E-state index in [1.807, 2.05) is 60.0 Å². The fraction of sp³-hybridized carbons (Fsp3) is 0.385. The number of hydrogen-bond donors (Lipinski definition) is 0. The van der Waals surface area contributed by atoms with Gasteiger partial charge in [0.2, 0.25) is 5.91 Å². The number of benzene rings is 2. The molecular weight excluding hydrogens is 446 g/mol. The highest BCUT2D eigenvalue weighted by molar-refractivity contribution is 7.99. The molecule has 1 saturated carbocycles. The molecule has 0 saturated heterocycles. The summed E-state index contributed by atoms with van der Waals surface area (Å²) in [6.07, 6.45) is 4.53. The van der Waals surface area contributed by atoms with Crippen LogP contribution in [-0.4, -0.2) is 51.0 Å². The molecule has 0 bridgehead atoms. The van der Waals surface area contributed by atoms with E-state index in [2.05, 4.69) is 16.3 Å². The Morgan fingerprint density at radius 2 is 1.85 bits per heavy atom. The number of nitriles is 1. The molecule has 3 aromatic rings. The number of amides is 1. The summed E-state index contributed by atoms with van der Waals surface area (Å²) in [6.45, 7) is 2.04. The maximum atomic E-state index is 13.1. The summed E-state index contributed by atoms with van der Waals surface area (Å²) < 4.78 is 7.51. The van der Waals surface area contributed by atoms with E-state index in [-0.39, 0.29) is 11.7 Å². The normalized spacial score (nSPS) is 14.9. The van der Waals surface area contributed by atoms with Gasteiger partial charge in [0.1, 0.15) is 11.3 Å². The molecule has 8 heteroatoms. The molecule has 7 nitrogen and oxygen atoms in total. The summed E-state index contributed by atoms with van der Waals surface area (Å²) in [5.41, 5.74) is 2.17. The monoisotopic (exact) mass is 475 g/mol. The number of nitrogens with zero attached hydrogens (tertiary/aromatic N) is 5. The van der Waals surface area contributed by atoms with E-state index in [0.717, 1.165) is 48.9 Å². The second kappa shape index (κ2) is 10.3. The minimum absolute atomic E-state index is 0.0780. The number of rotatable bonds is 7. The van der Waals surface area contributed by atoms with Crippen molar-refractivity contribution >= 4 is 17.7 Å². The highest BCUT2D eigenvalue weighted by atomic mass is 32.2. The third-order valence-electron chi connectivity index (χ3n) is 6.50. The molecule has 1 aliphatic carbocycles. The molecule has 1 heterocycles. The Morgan fingerprint density at radius 1 is 1.15 bits per heavy atom. The zero-order chi connectivity index (χ0) is 24.1.